The topological polar surface area (TPSA) is 98.8 Å². The second-order valence-corrected chi connectivity index (χ2v) is 9.90. The van der Waals surface area contributed by atoms with Crippen molar-refractivity contribution < 1.29 is 4.79 Å². The van der Waals surface area contributed by atoms with Crippen LogP contribution >= 0.6 is 0 Å². The summed E-state index contributed by atoms with van der Waals surface area (Å²) >= 11 is 0. The summed E-state index contributed by atoms with van der Waals surface area (Å²) < 4.78 is 0. The molecule has 1 aromatic heterocycles. The molecule has 2 aromatic carbocycles. The first-order chi connectivity index (χ1) is 16.3. The van der Waals surface area contributed by atoms with Crippen LogP contribution in [-0.4, -0.2) is 16.0 Å². The number of rotatable bonds is 3. The molecule has 0 saturated heterocycles. The van der Waals surface area contributed by atoms with Crippen molar-refractivity contribution in [2.75, 3.05) is 4.90 Å². The molecule has 5 rings (SSSR count). The fraction of sp³-hybridized carbons (Fsp3) is 0.250. The van der Waals surface area contributed by atoms with E-state index in [2.05, 4.69) is 30.1 Å². The Morgan fingerprint density at radius 2 is 1.82 bits per heavy atom. The summed E-state index contributed by atoms with van der Waals surface area (Å²) in [5.74, 6) is 0.474. The van der Waals surface area contributed by atoms with Gasteiger partial charge in [-0.15, -0.1) is 0 Å². The molecular weight excluding hydrogens is 422 g/mol. The number of nitriles is 1. The Labute approximate surface area is 199 Å². The van der Waals surface area contributed by atoms with Crippen molar-refractivity contribution in [1.82, 2.24) is 10.2 Å². The molecule has 34 heavy (non-hydrogen) atoms. The molecule has 3 aromatic rings. The summed E-state index contributed by atoms with van der Waals surface area (Å²) in [7, 11) is 0. The number of hydrogen-bond acceptors (Lipinski definition) is 5. The standard InChI is InChI=1S/C28H27N5O/c1-17-9-11-19(12-10-17)25-20(16-29)27(30)33(22-14-28(2,3)15-23(34)26(22)25)24-13-21(31-32-24)18-7-5-4-6-8-18/h4-13,25H,14-15,30H2,1-3H3,(H,31,32). The van der Waals surface area contributed by atoms with Crippen LogP contribution in [0.15, 0.2) is 83.3 Å². The molecule has 2 heterocycles. The van der Waals surface area contributed by atoms with Gasteiger partial charge in [-0.25, -0.2) is 0 Å². The van der Waals surface area contributed by atoms with Crippen LogP contribution in [0.3, 0.4) is 0 Å². The van der Waals surface area contributed by atoms with E-state index in [1.807, 2.05) is 67.6 Å². The van der Waals surface area contributed by atoms with Gasteiger partial charge in [0.15, 0.2) is 11.6 Å². The highest BCUT2D eigenvalue weighted by atomic mass is 16.1. The van der Waals surface area contributed by atoms with Crippen LogP contribution in [0.1, 0.15) is 43.7 Å². The van der Waals surface area contributed by atoms with Gasteiger partial charge in [-0.3, -0.25) is 14.8 Å². The molecule has 1 atom stereocenters. The lowest BCUT2D eigenvalue weighted by Gasteiger charge is -2.43. The molecule has 0 spiro atoms. The fourth-order valence-corrected chi connectivity index (χ4v) is 5.05. The fourth-order valence-electron chi connectivity index (χ4n) is 5.05. The summed E-state index contributed by atoms with van der Waals surface area (Å²) in [6.07, 6.45) is 1.08. The number of aromatic nitrogens is 2. The normalized spacial score (nSPS) is 19.8. The molecule has 1 aliphatic carbocycles. The van der Waals surface area contributed by atoms with E-state index in [-0.39, 0.29) is 11.2 Å². The largest absolute Gasteiger partial charge is 0.384 e. The molecule has 0 radical (unpaired) electrons. The number of nitrogens with zero attached hydrogens (tertiary/aromatic N) is 3. The first-order valence-electron chi connectivity index (χ1n) is 11.4. The highest BCUT2D eigenvalue weighted by Gasteiger charge is 2.45. The van der Waals surface area contributed by atoms with Crippen LogP contribution in [0.5, 0.6) is 0 Å². The zero-order chi connectivity index (χ0) is 24.0. The van der Waals surface area contributed by atoms with Crippen molar-refractivity contribution in [1.29, 1.82) is 5.26 Å². The lowest BCUT2D eigenvalue weighted by Crippen LogP contribution is -2.42. The molecule has 1 unspecified atom stereocenters. The van der Waals surface area contributed by atoms with Crippen LogP contribution in [0.25, 0.3) is 11.3 Å². The van der Waals surface area contributed by atoms with E-state index in [1.54, 1.807) is 4.90 Å². The van der Waals surface area contributed by atoms with Crippen molar-refractivity contribution in [3.8, 4) is 17.3 Å². The molecule has 0 fully saturated rings. The quantitative estimate of drug-likeness (QED) is 0.563. The monoisotopic (exact) mass is 449 g/mol. The molecule has 0 amide bonds. The Morgan fingerprint density at radius 3 is 2.50 bits per heavy atom. The van der Waals surface area contributed by atoms with Crippen LogP contribution in [-0.2, 0) is 4.79 Å². The molecule has 6 nitrogen and oxygen atoms in total. The van der Waals surface area contributed by atoms with Gasteiger partial charge in [0.2, 0.25) is 0 Å². The summed E-state index contributed by atoms with van der Waals surface area (Å²) in [6, 6.07) is 22.1. The maximum atomic E-state index is 13.6. The average Bonchev–Trinajstić information content (AvgIpc) is 3.28. The predicted octanol–water partition coefficient (Wildman–Crippen LogP) is 5.33. The number of H-pyrrole nitrogens is 1. The number of carbonyl (C=O) groups excluding carboxylic acids is 1. The van der Waals surface area contributed by atoms with Crippen molar-refractivity contribution in [3.05, 3.63) is 94.5 Å². The van der Waals surface area contributed by atoms with E-state index < -0.39 is 5.92 Å². The van der Waals surface area contributed by atoms with Gasteiger partial charge >= 0.3 is 0 Å². The third kappa shape index (κ3) is 3.60. The zero-order valence-electron chi connectivity index (χ0n) is 19.6. The number of benzene rings is 2. The number of nitrogens with one attached hydrogen (secondary N) is 1. The third-order valence-corrected chi connectivity index (χ3v) is 6.67. The highest BCUT2D eigenvalue weighted by Crippen LogP contribution is 2.50. The van der Waals surface area contributed by atoms with Gasteiger partial charge in [0.25, 0.3) is 0 Å². The summed E-state index contributed by atoms with van der Waals surface area (Å²) in [5.41, 5.74) is 12.2. The lowest BCUT2D eigenvalue weighted by molar-refractivity contribution is -0.118. The molecule has 2 aliphatic rings. The molecule has 3 N–H and O–H groups in total. The van der Waals surface area contributed by atoms with Gasteiger partial charge < -0.3 is 5.73 Å². The number of aryl methyl sites for hydroxylation is 1. The Hall–Kier alpha value is -4.11. The summed E-state index contributed by atoms with van der Waals surface area (Å²) in [4.78, 5) is 15.4. The molecular formula is C28H27N5O. The van der Waals surface area contributed by atoms with E-state index in [0.717, 1.165) is 28.1 Å². The summed E-state index contributed by atoms with van der Waals surface area (Å²) in [5, 5.41) is 17.8. The Morgan fingerprint density at radius 1 is 1.12 bits per heavy atom. The minimum absolute atomic E-state index is 0.0564. The van der Waals surface area contributed by atoms with Gasteiger partial charge in [-0.2, -0.15) is 10.4 Å². The average molecular weight is 450 g/mol. The van der Waals surface area contributed by atoms with Crippen LogP contribution in [0, 0.1) is 23.7 Å². The lowest BCUT2D eigenvalue weighted by atomic mass is 9.68. The zero-order valence-corrected chi connectivity index (χ0v) is 19.6. The smallest absolute Gasteiger partial charge is 0.162 e. The molecule has 1 aliphatic heterocycles. The number of carbonyl (C=O) groups is 1. The molecule has 6 heteroatoms. The van der Waals surface area contributed by atoms with Gasteiger partial charge in [0.1, 0.15) is 5.82 Å². The first-order valence-corrected chi connectivity index (χ1v) is 11.4. The number of allylic oxidation sites excluding steroid dienone is 3. The van der Waals surface area contributed by atoms with Crippen molar-refractivity contribution in [2.45, 2.75) is 39.5 Å². The van der Waals surface area contributed by atoms with Gasteiger partial charge in [0, 0.05) is 23.8 Å². The Balaban J connectivity index is 1.70. The molecule has 170 valence electrons. The molecule has 0 bridgehead atoms. The van der Waals surface area contributed by atoms with E-state index in [0.29, 0.717) is 35.6 Å². The third-order valence-electron chi connectivity index (χ3n) is 6.67. The second kappa shape index (κ2) is 8.03. The highest BCUT2D eigenvalue weighted by molar-refractivity contribution is 6.01. The number of aromatic amines is 1. The first kappa shape index (κ1) is 21.7. The van der Waals surface area contributed by atoms with Crippen LogP contribution in [0.2, 0.25) is 0 Å². The van der Waals surface area contributed by atoms with E-state index in [1.165, 1.54) is 0 Å². The van der Waals surface area contributed by atoms with Crippen molar-refractivity contribution >= 4 is 11.6 Å². The number of ketones is 1. The predicted molar refractivity (Wildman–Crippen MR) is 132 cm³/mol. The SMILES string of the molecule is Cc1ccc(C2C(C#N)=C(N)N(c3cc(-c4ccccc4)[nH]n3)C3=C2C(=O)CC(C)(C)C3)cc1. The summed E-state index contributed by atoms with van der Waals surface area (Å²) in [6.45, 7) is 6.20. The minimum atomic E-state index is -0.479. The van der Waals surface area contributed by atoms with Gasteiger partial charge in [0.05, 0.1) is 23.3 Å². The number of hydrogen-bond donors (Lipinski definition) is 2. The van der Waals surface area contributed by atoms with Gasteiger partial charge in [-0.1, -0.05) is 74.0 Å². The van der Waals surface area contributed by atoms with E-state index >= 15 is 0 Å². The van der Waals surface area contributed by atoms with Crippen molar-refractivity contribution in [3.63, 3.8) is 0 Å². The molecule has 0 saturated carbocycles. The Bertz CT molecular complexity index is 1370. The van der Waals surface area contributed by atoms with E-state index in [9.17, 15) is 10.1 Å². The number of Topliss-reactive ketones (excluding diaryl/α,β-unsaturated/α-hetero) is 1. The van der Waals surface area contributed by atoms with Crippen molar-refractivity contribution in [2.24, 2.45) is 11.1 Å². The van der Waals surface area contributed by atoms with Crippen LogP contribution in [0.4, 0.5) is 5.82 Å². The maximum Gasteiger partial charge on any atom is 0.162 e. The van der Waals surface area contributed by atoms with Gasteiger partial charge in [-0.05, 0) is 29.9 Å². The Kier molecular flexibility index (Phi) is 5.13. The maximum absolute atomic E-state index is 13.6. The second-order valence-electron chi connectivity index (χ2n) is 9.90. The van der Waals surface area contributed by atoms with Crippen LogP contribution < -0.4 is 10.6 Å². The number of anilines is 1. The van der Waals surface area contributed by atoms with E-state index in [4.69, 9.17) is 5.73 Å². The number of nitrogens with two attached hydrogens (primary N) is 1. The minimum Gasteiger partial charge on any atom is -0.384 e.